The Bertz CT molecular complexity index is 1040. The third kappa shape index (κ3) is 3.92. The third-order valence-corrected chi connectivity index (χ3v) is 8.42. The zero-order valence-corrected chi connectivity index (χ0v) is 19.8. The van der Waals surface area contributed by atoms with Crippen molar-refractivity contribution >= 4 is 11.8 Å². The Morgan fingerprint density at radius 2 is 1.65 bits per heavy atom. The molecule has 2 aromatic carbocycles. The fourth-order valence-electron chi connectivity index (χ4n) is 6.34. The van der Waals surface area contributed by atoms with Crippen LogP contribution in [0.25, 0.3) is 0 Å². The molecule has 3 heterocycles. The Kier molecular flexibility index (Phi) is 6.19. The van der Waals surface area contributed by atoms with Crippen molar-refractivity contribution in [3.8, 4) is 0 Å². The molecule has 5 nitrogen and oxygen atoms in total. The summed E-state index contributed by atoms with van der Waals surface area (Å²) >= 11 is 0. The Hall–Kier alpha value is -2.73. The molecule has 0 saturated carbocycles. The molecular formula is C28H33FN2O3. The Morgan fingerprint density at radius 3 is 2.32 bits per heavy atom. The second-order valence-corrected chi connectivity index (χ2v) is 10.2. The zero-order valence-electron chi connectivity index (χ0n) is 19.8. The molecule has 3 fully saturated rings. The number of piperidine rings is 1. The lowest BCUT2D eigenvalue weighted by molar-refractivity contribution is -0.147. The van der Waals surface area contributed by atoms with E-state index in [2.05, 4.69) is 12.1 Å². The lowest BCUT2D eigenvalue weighted by atomic mass is 9.71. The molecule has 0 aliphatic carbocycles. The molecule has 0 N–H and O–H groups in total. The summed E-state index contributed by atoms with van der Waals surface area (Å²) in [7, 11) is 1.91. The highest BCUT2D eigenvalue weighted by atomic mass is 19.1. The first kappa shape index (κ1) is 23.0. The Labute approximate surface area is 200 Å². The summed E-state index contributed by atoms with van der Waals surface area (Å²) in [5.41, 5.74) is 0.429. The van der Waals surface area contributed by atoms with E-state index in [4.69, 9.17) is 4.74 Å². The largest absolute Gasteiger partial charge is 0.381 e. The number of likely N-dealkylation sites (N-methyl/N-ethyl adjacent to an activating group) is 1. The van der Waals surface area contributed by atoms with Gasteiger partial charge < -0.3 is 14.5 Å². The van der Waals surface area contributed by atoms with Gasteiger partial charge in [-0.3, -0.25) is 9.59 Å². The van der Waals surface area contributed by atoms with Gasteiger partial charge in [-0.25, -0.2) is 4.39 Å². The smallest absolute Gasteiger partial charge is 0.233 e. The maximum absolute atomic E-state index is 14.8. The Balaban J connectivity index is 1.32. The van der Waals surface area contributed by atoms with Crippen molar-refractivity contribution in [2.24, 2.45) is 5.41 Å². The second kappa shape index (κ2) is 9.14. The van der Waals surface area contributed by atoms with Gasteiger partial charge in [0.05, 0.1) is 10.8 Å². The molecule has 1 spiro atoms. The van der Waals surface area contributed by atoms with Gasteiger partial charge in [-0.1, -0.05) is 48.5 Å². The molecule has 1 atom stereocenters. The molecule has 0 bridgehead atoms. The molecule has 2 amide bonds. The standard InChI is InChI=1S/C28H33FN2O3/c1-30-22(19-21-7-3-2-4-8-21)20-27(25(30)32)11-15-31(16-12-27)26(33)28(13-17-34-18-14-28)23-9-5-6-10-24(23)29/h2-10,22H,11-20H2,1H3/t22-/m1/s1. The van der Waals surface area contributed by atoms with E-state index < -0.39 is 10.8 Å². The summed E-state index contributed by atoms with van der Waals surface area (Å²) in [5.74, 6) is -0.145. The summed E-state index contributed by atoms with van der Waals surface area (Å²) in [6.07, 6.45) is 3.97. The van der Waals surface area contributed by atoms with Crippen molar-refractivity contribution in [2.75, 3.05) is 33.4 Å². The number of ether oxygens (including phenoxy) is 1. The van der Waals surface area contributed by atoms with Crippen LogP contribution in [0.1, 0.15) is 43.2 Å². The molecule has 3 aliphatic rings. The van der Waals surface area contributed by atoms with Crippen LogP contribution in [0.2, 0.25) is 0 Å². The van der Waals surface area contributed by atoms with Crippen LogP contribution in [0.4, 0.5) is 4.39 Å². The summed E-state index contributed by atoms with van der Waals surface area (Å²) in [5, 5.41) is 0. The van der Waals surface area contributed by atoms with Crippen LogP contribution in [0.3, 0.4) is 0 Å². The van der Waals surface area contributed by atoms with Gasteiger partial charge in [0.15, 0.2) is 0 Å². The van der Waals surface area contributed by atoms with E-state index in [1.807, 2.05) is 35.0 Å². The number of nitrogens with zero attached hydrogens (tertiary/aromatic N) is 2. The van der Waals surface area contributed by atoms with Crippen molar-refractivity contribution in [1.82, 2.24) is 9.80 Å². The van der Waals surface area contributed by atoms with E-state index >= 15 is 0 Å². The zero-order chi connectivity index (χ0) is 23.8. The number of hydrogen-bond donors (Lipinski definition) is 0. The number of amides is 2. The minimum atomic E-state index is -0.888. The summed E-state index contributed by atoms with van der Waals surface area (Å²) < 4.78 is 20.4. The summed E-state index contributed by atoms with van der Waals surface area (Å²) in [4.78, 5) is 31.0. The minimum absolute atomic E-state index is 0.0182. The average molecular weight is 465 g/mol. The predicted octanol–water partition coefficient (Wildman–Crippen LogP) is 3.96. The Morgan fingerprint density at radius 1 is 1.00 bits per heavy atom. The number of halogens is 1. The van der Waals surface area contributed by atoms with Gasteiger partial charge in [-0.05, 0) is 50.2 Å². The lowest BCUT2D eigenvalue weighted by Crippen LogP contribution is -2.54. The molecular weight excluding hydrogens is 431 g/mol. The van der Waals surface area contributed by atoms with Crippen LogP contribution in [-0.4, -0.2) is 61.0 Å². The minimum Gasteiger partial charge on any atom is -0.381 e. The van der Waals surface area contributed by atoms with Crippen LogP contribution in [-0.2, 0) is 26.2 Å². The van der Waals surface area contributed by atoms with Gasteiger partial charge in [0.2, 0.25) is 11.8 Å². The molecule has 0 radical (unpaired) electrons. The van der Waals surface area contributed by atoms with E-state index in [0.29, 0.717) is 57.6 Å². The molecule has 0 unspecified atom stereocenters. The molecule has 180 valence electrons. The van der Waals surface area contributed by atoms with Crippen molar-refractivity contribution in [3.05, 3.63) is 71.5 Å². The monoisotopic (exact) mass is 464 g/mol. The van der Waals surface area contributed by atoms with E-state index in [0.717, 1.165) is 12.8 Å². The van der Waals surface area contributed by atoms with Crippen LogP contribution in [0.15, 0.2) is 54.6 Å². The number of rotatable bonds is 4. The third-order valence-electron chi connectivity index (χ3n) is 8.42. The number of hydrogen-bond acceptors (Lipinski definition) is 3. The molecule has 6 heteroatoms. The van der Waals surface area contributed by atoms with Crippen molar-refractivity contribution < 1.29 is 18.7 Å². The lowest BCUT2D eigenvalue weighted by Gasteiger charge is -2.44. The number of carbonyl (C=O) groups is 2. The average Bonchev–Trinajstić information content (AvgIpc) is 3.09. The highest BCUT2D eigenvalue weighted by Crippen LogP contribution is 2.46. The van der Waals surface area contributed by atoms with E-state index in [1.54, 1.807) is 18.2 Å². The fraction of sp³-hybridized carbons (Fsp3) is 0.500. The van der Waals surface area contributed by atoms with Gasteiger partial charge in [-0.2, -0.15) is 0 Å². The van der Waals surface area contributed by atoms with Crippen molar-refractivity contribution in [3.63, 3.8) is 0 Å². The molecule has 3 aliphatic heterocycles. The highest BCUT2D eigenvalue weighted by molar-refractivity contribution is 5.90. The van der Waals surface area contributed by atoms with Crippen LogP contribution in [0.5, 0.6) is 0 Å². The number of benzene rings is 2. The fourth-order valence-corrected chi connectivity index (χ4v) is 6.34. The maximum atomic E-state index is 14.8. The van der Waals surface area contributed by atoms with Gasteiger partial charge in [0.1, 0.15) is 5.82 Å². The SMILES string of the molecule is CN1C(=O)C2(CCN(C(=O)C3(c4ccccc4F)CCOCC3)CC2)C[C@H]1Cc1ccccc1. The van der Waals surface area contributed by atoms with Gasteiger partial charge in [0, 0.05) is 45.0 Å². The van der Waals surface area contributed by atoms with Gasteiger partial charge >= 0.3 is 0 Å². The van der Waals surface area contributed by atoms with Crippen LogP contribution >= 0.6 is 0 Å². The van der Waals surface area contributed by atoms with E-state index in [-0.39, 0.29) is 23.7 Å². The first-order chi connectivity index (χ1) is 16.5. The number of likely N-dealkylation sites (tertiary alicyclic amines) is 2. The van der Waals surface area contributed by atoms with E-state index in [1.165, 1.54) is 11.6 Å². The second-order valence-electron chi connectivity index (χ2n) is 10.2. The molecule has 3 saturated heterocycles. The van der Waals surface area contributed by atoms with Crippen molar-refractivity contribution in [1.29, 1.82) is 0 Å². The summed E-state index contributed by atoms with van der Waals surface area (Å²) in [6.45, 7) is 1.96. The van der Waals surface area contributed by atoms with Crippen LogP contribution in [0, 0.1) is 11.2 Å². The normalized spacial score (nSPS) is 23.9. The maximum Gasteiger partial charge on any atom is 0.233 e. The quantitative estimate of drug-likeness (QED) is 0.688. The molecule has 2 aromatic rings. The predicted molar refractivity (Wildman–Crippen MR) is 128 cm³/mol. The van der Waals surface area contributed by atoms with Gasteiger partial charge in [0.25, 0.3) is 0 Å². The topological polar surface area (TPSA) is 49.9 Å². The molecule has 0 aromatic heterocycles. The number of carbonyl (C=O) groups excluding carboxylic acids is 2. The first-order valence-electron chi connectivity index (χ1n) is 12.4. The van der Waals surface area contributed by atoms with E-state index in [9.17, 15) is 14.0 Å². The highest BCUT2D eigenvalue weighted by Gasteiger charge is 2.53. The molecule has 34 heavy (non-hydrogen) atoms. The molecule has 5 rings (SSSR count). The van der Waals surface area contributed by atoms with Gasteiger partial charge in [-0.15, -0.1) is 0 Å². The first-order valence-corrected chi connectivity index (χ1v) is 12.4. The van der Waals surface area contributed by atoms with Crippen LogP contribution < -0.4 is 0 Å². The summed E-state index contributed by atoms with van der Waals surface area (Å²) in [6, 6.07) is 17.1. The van der Waals surface area contributed by atoms with Crippen molar-refractivity contribution in [2.45, 2.75) is 50.0 Å².